The van der Waals surface area contributed by atoms with Crippen LogP contribution in [0.4, 0.5) is 0 Å². The van der Waals surface area contributed by atoms with Crippen molar-refractivity contribution >= 4 is 5.91 Å². The van der Waals surface area contributed by atoms with Crippen LogP contribution in [-0.2, 0) is 9.53 Å². The van der Waals surface area contributed by atoms with E-state index < -0.39 is 0 Å². The van der Waals surface area contributed by atoms with Crippen molar-refractivity contribution in [3.63, 3.8) is 0 Å². The fraction of sp³-hybridized carbons (Fsp3) is 0.552. The molecule has 2 aromatic rings. The number of benzene rings is 2. The van der Waals surface area contributed by atoms with E-state index in [4.69, 9.17) is 9.47 Å². The van der Waals surface area contributed by atoms with Gasteiger partial charge in [-0.1, -0.05) is 42.5 Å². The fourth-order valence-electron chi connectivity index (χ4n) is 7.32. The summed E-state index contributed by atoms with van der Waals surface area (Å²) in [4.78, 5) is 12.5. The number of carbonyl (C=O) groups is 1. The summed E-state index contributed by atoms with van der Waals surface area (Å²) in [6, 6.07) is 17.2. The Balaban J connectivity index is 1.51. The quantitative estimate of drug-likeness (QED) is 0.663. The van der Waals surface area contributed by atoms with E-state index in [2.05, 4.69) is 61.7 Å². The molecule has 0 radical (unpaired) electrons. The lowest BCUT2D eigenvalue weighted by Crippen LogP contribution is -2.73. The Morgan fingerprint density at radius 2 is 1.79 bits per heavy atom. The summed E-state index contributed by atoms with van der Waals surface area (Å²) < 4.78 is 12.1. The molecule has 1 amide bonds. The van der Waals surface area contributed by atoms with Gasteiger partial charge in [-0.15, -0.1) is 0 Å². The number of methoxy groups -OCH3 is 1. The summed E-state index contributed by atoms with van der Waals surface area (Å²) in [6.07, 6.45) is 3.04. The molecule has 5 heteroatoms. The molecule has 2 aliphatic heterocycles. The Bertz CT molecular complexity index is 1050. The summed E-state index contributed by atoms with van der Waals surface area (Å²) >= 11 is 0. The highest BCUT2D eigenvalue weighted by atomic mass is 16.5. The van der Waals surface area contributed by atoms with Crippen molar-refractivity contribution in [3.05, 3.63) is 54.1 Å². The van der Waals surface area contributed by atoms with Crippen LogP contribution < -0.4 is 15.4 Å². The Morgan fingerprint density at radius 3 is 2.50 bits per heavy atom. The van der Waals surface area contributed by atoms with Crippen molar-refractivity contribution in [1.82, 2.24) is 10.6 Å². The van der Waals surface area contributed by atoms with Crippen LogP contribution in [0.15, 0.2) is 48.5 Å². The molecule has 1 aliphatic carbocycles. The van der Waals surface area contributed by atoms with E-state index in [9.17, 15) is 4.79 Å². The lowest BCUT2D eigenvalue weighted by molar-refractivity contribution is -0.160. The van der Waals surface area contributed by atoms with Crippen LogP contribution in [0.3, 0.4) is 0 Å². The molecular formula is C29H38N2O3. The summed E-state index contributed by atoms with van der Waals surface area (Å²) in [5, 5.41) is 7.36. The molecule has 1 saturated carbocycles. The maximum atomic E-state index is 12.5. The first kappa shape index (κ1) is 23.4. The third-order valence-electron chi connectivity index (χ3n) is 8.87. The minimum Gasteiger partial charge on any atom is -0.496 e. The van der Waals surface area contributed by atoms with Gasteiger partial charge < -0.3 is 20.1 Å². The number of ether oxygens (including phenoxy) is 2. The van der Waals surface area contributed by atoms with Crippen molar-refractivity contribution in [3.8, 4) is 16.9 Å². The minimum absolute atomic E-state index is 0.0290. The number of para-hydroxylation sites is 1. The number of carbonyl (C=O) groups excluding carboxylic acids is 1. The van der Waals surface area contributed by atoms with Crippen LogP contribution in [0.5, 0.6) is 5.75 Å². The standard InChI is InChI=1S/C29H38N2O3/c1-18-24-16-22(28(3,4)30-18)17-25-27(34-15-14-29(24,25)31-19(2)32)21-12-10-20(11-13-21)23-8-6-7-9-26(23)33-5/h6-13,18,22,24-25,27,30H,14-17H2,1-5H3,(H,31,32)/t18-,22?,24?,25+,27+,29+/m1/s1. The van der Waals surface area contributed by atoms with Crippen LogP contribution >= 0.6 is 0 Å². The third-order valence-corrected chi connectivity index (χ3v) is 8.87. The molecule has 2 unspecified atom stereocenters. The highest BCUT2D eigenvalue weighted by Gasteiger charge is 2.60. The maximum absolute atomic E-state index is 12.5. The molecule has 2 saturated heterocycles. The molecular weight excluding hydrogens is 424 g/mol. The van der Waals surface area contributed by atoms with Crippen molar-refractivity contribution in [2.45, 2.75) is 70.2 Å². The van der Waals surface area contributed by atoms with E-state index in [1.165, 1.54) is 5.56 Å². The van der Waals surface area contributed by atoms with Crippen molar-refractivity contribution < 1.29 is 14.3 Å². The maximum Gasteiger partial charge on any atom is 0.217 e. The lowest BCUT2D eigenvalue weighted by Gasteiger charge is -2.63. The highest BCUT2D eigenvalue weighted by Crippen LogP contribution is 2.57. The second-order valence-electron chi connectivity index (χ2n) is 11.1. The monoisotopic (exact) mass is 462 g/mol. The van der Waals surface area contributed by atoms with Crippen molar-refractivity contribution in [2.75, 3.05) is 13.7 Å². The van der Waals surface area contributed by atoms with Crippen LogP contribution in [0, 0.1) is 17.8 Å². The van der Waals surface area contributed by atoms with E-state index in [1.54, 1.807) is 14.0 Å². The summed E-state index contributed by atoms with van der Waals surface area (Å²) in [6.45, 7) is 9.27. The predicted molar refractivity (Wildman–Crippen MR) is 135 cm³/mol. The van der Waals surface area contributed by atoms with Crippen LogP contribution in [-0.4, -0.2) is 36.7 Å². The summed E-state index contributed by atoms with van der Waals surface area (Å²) in [7, 11) is 1.71. The van der Waals surface area contributed by atoms with E-state index >= 15 is 0 Å². The highest BCUT2D eigenvalue weighted by molar-refractivity contribution is 5.74. The SMILES string of the molecule is COc1ccccc1-c1ccc([C@@H]2OCC[C@]3(NC(C)=O)C4CC(C[C@@H]23)C(C)(C)N[C@@H]4C)cc1. The van der Waals surface area contributed by atoms with Crippen LogP contribution in [0.2, 0.25) is 0 Å². The molecule has 6 atom stereocenters. The lowest BCUT2D eigenvalue weighted by atomic mass is 9.52. The van der Waals surface area contributed by atoms with Gasteiger partial charge in [0, 0.05) is 36.6 Å². The largest absolute Gasteiger partial charge is 0.496 e. The number of nitrogens with one attached hydrogen (secondary N) is 2. The number of amides is 1. The molecule has 2 bridgehead atoms. The summed E-state index contributed by atoms with van der Waals surface area (Å²) in [5.74, 6) is 2.13. The Hall–Kier alpha value is -2.37. The Morgan fingerprint density at radius 1 is 1.09 bits per heavy atom. The molecule has 3 fully saturated rings. The topological polar surface area (TPSA) is 59.6 Å². The van der Waals surface area contributed by atoms with Crippen LogP contribution in [0.25, 0.3) is 11.1 Å². The zero-order valence-electron chi connectivity index (χ0n) is 21.1. The van der Waals surface area contributed by atoms with Crippen LogP contribution in [0.1, 0.15) is 58.6 Å². The average Bonchev–Trinajstić information content (AvgIpc) is 2.81. The first-order chi connectivity index (χ1) is 16.2. The van der Waals surface area contributed by atoms with Gasteiger partial charge in [0.25, 0.3) is 0 Å². The van der Waals surface area contributed by atoms with E-state index in [0.29, 0.717) is 24.5 Å². The van der Waals surface area contributed by atoms with Gasteiger partial charge in [-0.2, -0.15) is 0 Å². The van der Waals surface area contributed by atoms with Gasteiger partial charge in [0.05, 0.1) is 18.8 Å². The Kier molecular flexibility index (Phi) is 5.97. The molecule has 34 heavy (non-hydrogen) atoms. The molecule has 5 nitrogen and oxygen atoms in total. The predicted octanol–water partition coefficient (Wildman–Crippen LogP) is 5.11. The van der Waals surface area contributed by atoms with Gasteiger partial charge in [0.1, 0.15) is 5.75 Å². The van der Waals surface area contributed by atoms with Gasteiger partial charge in [-0.05, 0) is 69.1 Å². The molecule has 2 heterocycles. The summed E-state index contributed by atoms with van der Waals surface area (Å²) in [5.41, 5.74) is 3.24. The minimum atomic E-state index is -0.241. The third kappa shape index (κ3) is 3.83. The van der Waals surface area contributed by atoms with E-state index in [1.807, 2.05) is 18.2 Å². The normalized spacial score (nSPS) is 34.1. The number of hydrogen-bond acceptors (Lipinski definition) is 4. The van der Waals surface area contributed by atoms with Gasteiger partial charge in [-0.25, -0.2) is 0 Å². The van der Waals surface area contributed by atoms with E-state index in [-0.39, 0.29) is 29.0 Å². The molecule has 0 aromatic heterocycles. The fourth-order valence-corrected chi connectivity index (χ4v) is 7.32. The second kappa shape index (κ2) is 8.69. The number of piperidine rings is 1. The smallest absolute Gasteiger partial charge is 0.217 e. The first-order valence-corrected chi connectivity index (χ1v) is 12.7. The molecule has 3 aliphatic rings. The molecule has 5 rings (SSSR count). The Labute approximate surface area is 203 Å². The number of hydrogen-bond donors (Lipinski definition) is 2. The first-order valence-electron chi connectivity index (χ1n) is 12.7. The molecule has 0 spiro atoms. The van der Waals surface area contributed by atoms with Gasteiger partial charge in [-0.3, -0.25) is 4.79 Å². The molecule has 2 N–H and O–H groups in total. The van der Waals surface area contributed by atoms with Gasteiger partial charge >= 0.3 is 0 Å². The van der Waals surface area contributed by atoms with E-state index in [0.717, 1.165) is 36.1 Å². The van der Waals surface area contributed by atoms with Gasteiger partial charge in [0.15, 0.2) is 0 Å². The van der Waals surface area contributed by atoms with Crippen molar-refractivity contribution in [2.24, 2.45) is 17.8 Å². The van der Waals surface area contributed by atoms with Gasteiger partial charge in [0.2, 0.25) is 5.91 Å². The number of fused-ring (bicyclic) bond motifs is 4. The molecule has 2 aromatic carbocycles. The molecule has 182 valence electrons. The zero-order valence-corrected chi connectivity index (χ0v) is 21.1. The average molecular weight is 463 g/mol. The zero-order chi connectivity index (χ0) is 24.1. The second-order valence-corrected chi connectivity index (χ2v) is 11.1. The van der Waals surface area contributed by atoms with Crippen molar-refractivity contribution in [1.29, 1.82) is 0 Å². The number of rotatable bonds is 4.